The van der Waals surface area contributed by atoms with E-state index in [4.69, 9.17) is 5.73 Å². The van der Waals surface area contributed by atoms with Gasteiger partial charge in [-0.25, -0.2) is 0 Å². The van der Waals surface area contributed by atoms with Gasteiger partial charge in [-0.15, -0.1) is 0 Å². The Morgan fingerprint density at radius 3 is 2.67 bits per heavy atom. The highest BCUT2D eigenvalue weighted by Gasteiger charge is 2.18. The molecule has 80 valence electrons. The Bertz CT molecular complexity index is 453. The van der Waals surface area contributed by atoms with Gasteiger partial charge in [-0.05, 0) is 22.0 Å². The van der Waals surface area contributed by atoms with Crippen molar-refractivity contribution in [3.63, 3.8) is 0 Å². The molecular formula is C9H12BrN5. The first-order valence-electron chi connectivity index (χ1n) is 4.52. The smallest absolute Gasteiger partial charge is 0.0927 e. The Morgan fingerprint density at radius 1 is 1.47 bits per heavy atom. The van der Waals surface area contributed by atoms with Crippen LogP contribution in [0.25, 0.3) is 0 Å². The first-order chi connectivity index (χ1) is 7.09. The fraction of sp³-hybridized carbons (Fsp3) is 0.333. The maximum absolute atomic E-state index is 6.11. The van der Waals surface area contributed by atoms with Gasteiger partial charge in [0.05, 0.1) is 28.1 Å². The Morgan fingerprint density at radius 2 is 2.20 bits per heavy atom. The van der Waals surface area contributed by atoms with Crippen LogP contribution in [0.1, 0.15) is 17.4 Å². The summed E-state index contributed by atoms with van der Waals surface area (Å²) >= 11 is 3.42. The van der Waals surface area contributed by atoms with Gasteiger partial charge >= 0.3 is 0 Å². The summed E-state index contributed by atoms with van der Waals surface area (Å²) in [7, 11) is 3.73. The highest BCUT2D eigenvalue weighted by Crippen LogP contribution is 2.24. The van der Waals surface area contributed by atoms with Gasteiger partial charge in [0.25, 0.3) is 0 Å². The van der Waals surface area contributed by atoms with Crippen LogP contribution in [0.15, 0.2) is 22.9 Å². The minimum absolute atomic E-state index is 0.256. The molecular weight excluding hydrogens is 258 g/mol. The number of aromatic nitrogens is 4. The molecule has 0 aliphatic heterocycles. The van der Waals surface area contributed by atoms with Crippen molar-refractivity contribution in [1.29, 1.82) is 0 Å². The minimum atomic E-state index is -0.256. The van der Waals surface area contributed by atoms with Crippen molar-refractivity contribution in [2.24, 2.45) is 19.8 Å². The molecule has 2 aromatic rings. The molecule has 0 bridgehead atoms. The van der Waals surface area contributed by atoms with Crippen LogP contribution in [-0.4, -0.2) is 19.6 Å². The van der Waals surface area contributed by atoms with Crippen LogP contribution >= 0.6 is 15.9 Å². The van der Waals surface area contributed by atoms with Crippen LogP contribution < -0.4 is 5.73 Å². The molecule has 0 saturated carbocycles. The SMILES string of the molecule is Cn1ccc(C(N)c2c(Br)cnn2C)n1. The van der Waals surface area contributed by atoms with Crippen molar-refractivity contribution < 1.29 is 0 Å². The van der Waals surface area contributed by atoms with E-state index in [1.165, 1.54) is 0 Å². The van der Waals surface area contributed by atoms with Crippen molar-refractivity contribution in [1.82, 2.24) is 19.6 Å². The number of rotatable bonds is 2. The van der Waals surface area contributed by atoms with Crippen molar-refractivity contribution in [3.05, 3.63) is 34.3 Å². The largest absolute Gasteiger partial charge is 0.318 e. The molecule has 5 nitrogen and oxygen atoms in total. The lowest BCUT2D eigenvalue weighted by Gasteiger charge is -2.10. The summed E-state index contributed by atoms with van der Waals surface area (Å²) in [6, 6.07) is 1.65. The van der Waals surface area contributed by atoms with Crippen LogP contribution in [0.2, 0.25) is 0 Å². The van der Waals surface area contributed by atoms with E-state index in [2.05, 4.69) is 26.1 Å². The summed E-state index contributed by atoms with van der Waals surface area (Å²) in [5.74, 6) is 0. The fourth-order valence-corrected chi connectivity index (χ4v) is 2.10. The Balaban J connectivity index is 2.40. The van der Waals surface area contributed by atoms with Crippen LogP contribution in [0.4, 0.5) is 0 Å². The van der Waals surface area contributed by atoms with Gasteiger partial charge in [-0.2, -0.15) is 10.2 Å². The minimum Gasteiger partial charge on any atom is -0.318 e. The van der Waals surface area contributed by atoms with Gasteiger partial charge < -0.3 is 5.73 Å². The Hall–Kier alpha value is -1.14. The molecule has 6 heteroatoms. The lowest BCUT2D eigenvalue weighted by Crippen LogP contribution is -2.17. The molecule has 1 unspecified atom stereocenters. The summed E-state index contributed by atoms with van der Waals surface area (Å²) in [4.78, 5) is 0. The topological polar surface area (TPSA) is 61.7 Å². The zero-order valence-electron chi connectivity index (χ0n) is 8.55. The molecule has 0 aromatic carbocycles. The van der Waals surface area contributed by atoms with Crippen molar-refractivity contribution in [2.45, 2.75) is 6.04 Å². The monoisotopic (exact) mass is 269 g/mol. The van der Waals surface area contributed by atoms with Crippen molar-refractivity contribution >= 4 is 15.9 Å². The molecule has 0 radical (unpaired) electrons. The van der Waals surface area contributed by atoms with Crippen molar-refractivity contribution in [2.75, 3.05) is 0 Å². The summed E-state index contributed by atoms with van der Waals surface area (Å²) < 4.78 is 4.39. The van der Waals surface area contributed by atoms with Gasteiger partial charge in [0.15, 0.2) is 0 Å². The Kier molecular flexibility index (Phi) is 2.62. The van der Waals surface area contributed by atoms with Crippen LogP contribution in [0.3, 0.4) is 0 Å². The summed E-state index contributed by atoms with van der Waals surface area (Å²) in [5, 5.41) is 8.40. The van der Waals surface area contributed by atoms with Gasteiger partial charge in [-0.3, -0.25) is 9.36 Å². The first kappa shape index (κ1) is 10.4. The first-order valence-corrected chi connectivity index (χ1v) is 5.31. The van der Waals surface area contributed by atoms with Gasteiger partial charge in [-0.1, -0.05) is 0 Å². The van der Waals surface area contributed by atoms with Gasteiger partial charge in [0.1, 0.15) is 0 Å². The van der Waals surface area contributed by atoms with E-state index in [9.17, 15) is 0 Å². The highest BCUT2D eigenvalue weighted by molar-refractivity contribution is 9.10. The standard InChI is InChI=1S/C9H12BrN5/c1-14-4-3-7(13-14)8(11)9-6(10)5-12-15(9)2/h3-5,8H,11H2,1-2H3. The predicted octanol–water partition coefficient (Wildman–Crippen LogP) is 0.964. The quantitative estimate of drug-likeness (QED) is 0.884. The summed E-state index contributed by atoms with van der Waals surface area (Å²) in [6.45, 7) is 0. The molecule has 2 aromatic heterocycles. The molecule has 2 rings (SSSR count). The molecule has 0 aliphatic carbocycles. The number of nitrogens with two attached hydrogens (primary N) is 1. The molecule has 0 spiro atoms. The number of hydrogen-bond acceptors (Lipinski definition) is 3. The molecule has 0 fully saturated rings. The maximum Gasteiger partial charge on any atom is 0.0927 e. The second-order valence-electron chi connectivity index (χ2n) is 3.39. The van der Waals surface area contributed by atoms with E-state index in [-0.39, 0.29) is 6.04 Å². The molecule has 2 N–H and O–H groups in total. The lowest BCUT2D eigenvalue weighted by atomic mass is 10.1. The number of halogens is 1. The second-order valence-corrected chi connectivity index (χ2v) is 4.25. The third-order valence-corrected chi connectivity index (χ3v) is 2.90. The summed E-state index contributed by atoms with van der Waals surface area (Å²) in [5.41, 5.74) is 7.87. The van der Waals surface area contributed by atoms with E-state index in [0.717, 1.165) is 15.9 Å². The molecule has 0 saturated heterocycles. The zero-order chi connectivity index (χ0) is 11.0. The average Bonchev–Trinajstić information content (AvgIpc) is 2.73. The third kappa shape index (κ3) is 1.82. The van der Waals surface area contributed by atoms with E-state index >= 15 is 0 Å². The average molecular weight is 270 g/mol. The molecule has 1 atom stereocenters. The lowest BCUT2D eigenvalue weighted by molar-refractivity contribution is 0.646. The van der Waals surface area contributed by atoms with Gasteiger partial charge in [0.2, 0.25) is 0 Å². The van der Waals surface area contributed by atoms with Crippen LogP contribution in [-0.2, 0) is 14.1 Å². The van der Waals surface area contributed by atoms with Crippen LogP contribution in [0, 0.1) is 0 Å². The van der Waals surface area contributed by atoms with Crippen LogP contribution in [0.5, 0.6) is 0 Å². The zero-order valence-corrected chi connectivity index (χ0v) is 10.1. The summed E-state index contributed by atoms with van der Waals surface area (Å²) in [6.07, 6.45) is 3.61. The van der Waals surface area contributed by atoms with Gasteiger partial charge in [0, 0.05) is 20.3 Å². The van der Waals surface area contributed by atoms with E-state index < -0.39 is 0 Å². The van der Waals surface area contributed by atoms with E-state index in [1.807, 2.05) is 26.4 Å². The van der Waals surface area contributed by atoms with Crippen molar-refractivity contribution in [3.8, 4) is 0 Å². The normalized spacial score (nSPS) is 13.1. The third-order valence-electron chi connectivity index (χ3n) is 2.29. The molecule has 15 heavy (non-hydrogen) atoms. The maximum atomic E-state index is 6.11. The van der Waals surface area contributed by atoms with E-state index in [0.29, 0.717) is 0 Å². The van der Waals surface area contributed by atoms with E-state index in [1.54, 1.807) is 15.6 Å². The number of nitrogens with zero attached hydrogens (tertiary/aromatic N) is 4. The highest BCUT2D eigenvalue weighted by atomic mass is 79.9. The Labute approximate surface area is 96.0 Å². The molecule has 0 aliphatic rings. The molecule has 2 heterocycles. The molecule has 0 amide bonds. The fourth-order valence-electron chi connectivity index (χ4n) is 1.51. The number of hydrogen-bond donors (Lipinski definition) is 1. The second kappa shape index (κ2) is 3.79. The number of aryl methyl sites for hydroxylation is 2. The predicted molar refractivity (Wildman–Crippen MR) is 60.1 cm³/mol.